The van der Waals surface area contributed by atoms with E-state index in [2.05, 4.69) is 4.99 Å². The number of hydrogen-bond donors (Lipinski definition) is 2. The number of hydrogen-bond acceptors (Lipinski definition) is 5. The summed E-state index contributed by atoms with van der Waals surface area (Å²) in [5.41, 5.74) is -1.88. The maximum absolute atomic E-state index is 14.1. The molecule has 160 valence electrons. The van der Waals surface area contributed by atoms with Crippen LogP contribution < -0.4 is 0 Å². The highest BCUT2D eigenvalue weighted by Crippen LogP contribution is 2.32. The largest absolute Gasteiger partial charge is 0.506 e. The summed E-state index contributed by atoms with van der Waals surface area (Å²) >= 11 is 0. The third kappa shape index (κ3) is 4.35. The Morgan fingerprint density at radius 3 is 2.32 bits per heavy atom. The summed E-state index contributed by atoms with van der Waals surface area (Å²) in [7, 11) is 0. The van der Waals surface area contributed by atoms with Crippen LogP contribution in [-0.4, -0.2) is 29.0 Å². The number of fused-ring (bicyclic) bond motifs is 1. The van der Waals surface area contributed by atoms with Crippen molar-refractivity contribution in [1.29, 1.82) is 0 Å². The number of aliphatic hydroxyl groups is 1. The molecule has 0 atom stereocenters. The van der Waals surface area contributed by atoms with E-state index >= 15 is 0 Å². The van der Waals surface area contributed by atoms with Crippen molar-refractivity contribution in [2.45, 2.75) is 6.92 Å². The quantitative estimate of drug-likeness (QED) is 0.108. The number of halogens is 4. The first kappa shape index (κ1) is 21.8. The molecule has 0 aliphatic carbocycles. The van der Waals surface area contributed by atoms with Crippen LogP contribution in [0.5, 0.6) is 5.75 Å². The highest BCUT2D eigenvalue weighted by atomic mass is 19.2. The molecule has 0 bridgehead atoms. The second-order valence-electron chi connectivity index (χ2n) is 6.28. The fourth-order valence-electron chi connectivity index (χ4n) is 2.76. The molecule has 0 aromatic heterocycles. The lowest BCUT2D eigenvalue weighted by atomic mass is 10.1. The first-order valence-corrected chi connectivity index (χ1v) is 8.94. The Bertz CT molecular complexity index is 1240. The number of benzene rings is 3. The number of rotatable bonds is 5. The van der Waals surface area contributed by atoms with Gasteiger partial charge in [-0.2, -0.15) is 0 Å². The van der Waals surface area contributed by atoms with Crippen LogP contribution in [0.15, 0.2) is 53.0 Å². The molecular formula is C22H15F4NO4. The van der Waals surface area contributed by atoms with Crippen molar-refractivity contribution in [2.24, 2.45) is 4.99 Å². The van der Waals surface area contributed by atoms with Crippen LogP contribution in [0.3, 0.4) is 0 Å². The van der Waals surface area contributed by atoms with E-state index in [0.717, 1.165) is 6.21 Å². The lowest BCUT2D eigenvalue weighted by molar-refractivity contribution is -0.137. The zero-order chi connectivity index (χ0) is 22.7. The van der Waals surface area contributed by atoms with Gasteiger partial charge in [-0.15, -0.1) is 0 Å². The normalized spacial score (nSPS) is 12.3. The summed E-state index contributed by atoms with van der Waals surface area (Å²) in [4.78, 5) is 16.2. The second kappa shape index (κ2) is 8.86. The molecule has 0 aliphatic heterocycles. The van der Waals surface area contributed by atoms with Crippen LogP contribution in [0, 0.1) is 23.3 Å². The Hall–Kier alpha value is -3.88. The molecule has 0 saturated carbocycles. The third-order valence-electron chi connectivity index (χ3n) is 4.28. The number of aromatic hydroxyl groups is 1. The van der Waals surface area contributed by atoms with Gasteiger partial charge in [-0.1, -0.05) is 24.3 Å². The first-order chi connectivity index (χ1) is 14.7. The summed E-state index contributed by atoms with van der Waals surface area (Å²) in [6.07, 6.45) is 0.746. The minimum Gasteiger partial charge on any atom is -0.506 e. The van der Waals surface area contributed by atoms with Crippen LogP contribution in [0.4, 0.5) is 23.2 Å². The number of carbonyl (C=O) groups excluding carboxylic acids is 1. The number of esters is 1. The average Bonchev–Trinajstić information content (AvgIpc) is 2.75. The Labute approximate surface area is 173 Å². The zero-order valence-electron chi connectivity index (χ0n) is 16.0. The van der Waals surface area contributed by atoms with Gasteiger partial charge in [0.15, 0.2) is 23.3 Å². The number of aliphatic imine (C=N–C) groups is 1. The van der Waals surface area contributed by atoms with E-state index in [1.54, 1.807) is 24.3 Å². The fourth-order valence-corrected chi connectivity index (χ4v) is 2.76. The van der Waals surface area contributed by atoms with E-state index in [9.17, 15) is 32.6 Å². The molecule has 0 heterocycles. The average molecular weight is 433 g/mol. The third-order valence-corrected chi connectivity index (χ3v) is 4.28. The van der Waals surface area contributed by atoms with Crippen LogP contribution in [0.1, 0.15) is 12.5 Å². The fraction of sp³-hybridized carbons (Fsp3) is 0.0909. The molecule has 0 amide bonds. The molecule has 0 spiro atoms. The van der Waals surface area contributed by atoms with Gasteiger partial charge in [0.25, 0.3) is 0 Å². The number of aliphatic hydroxyl groups excluding tert-OH is 1. The van der Waals surface area contributed by atoms with E-state index in [4.69, 9.17) is 4.74 Å². The smallest absolute Gasteiger partial charge is 0.343 e. The summed E-state index contributed by atoms with van der Waals surface area (Å²) in [5.74, 6) is -10.6. The summed E-state index contributed by atoms with van der Waals surface area (Å²) in [6.45, 7) is 1.32. The Balaban J connectivity index is 2.15. The van der Waals surface area contributed by atoms with Crippen molar-refractivity contribution in [2.75, 3.05) is 6.61 Å². The predicted molar refractivity (Wildman–Crippen MR) is 106 cm³/mol. The van der Waals surface area contributed by atoms with Gasteiger partial charge in [-0.3, -0.25) is 4.99 Å². The lowest BCUT2D eigenvalue weighted by Crippen LogP contribution is -2.12. The van der Waals surface area contributed by atoms with Gasteiger partial charge in [-0.05, 0) is 35.9 Å². The van der Waals surface area contributed by atoms with Crippen molar-refractivity contribution in [3.05, 3.63) is 76.9 Å². The minimum absolute atomic E-state index is 0.00904. The molecule has 0 unspecified atom stereocenters. The van der Waals surface area contributed by atoms with Crippen LogP contribution in [-0.2, 0) is 9.53 Å². The van der Waals surface area contributed by atoms with Gasteiger partial charge in [0.2, 0.25) is 0 Å². The van der Waals surface area contributed by atoms with Gasteiger partial charge in [-0.25, -0.2) is 22.4 Å². The van der Waals surface area contributed by atoms with Crippen molar-refractivity contribution < 1.29 is 37.3 Å². The van der Waals surface area contributed by atoms with Crippen LogP contribution in [0.2, 0.25) is 0 Å². The topological polar surface area (TPSA) is 79.1 Å². The number of phenolic OH excluding ortho intramolecular Hbond substituents is 1. The number of carbonyl (C=O) groups is 1. The molecule has 0 fully saturated rings. The summed E-state index contributed by atoms with van der Waals surface area (Å²) in [6, 6.07) is 10.1. The van der Waals surface area contributed by atoms with E-state index < -0.39 is 46.1 Å². The standard InChI is InChI=1S/C22H15F4NO4/c1-2-31-22(30)14(21(29)13-9-15(23)19(25)20(26)18(13)24)10-27-16-7-11-5-3-4-6-12(11)8-17(16)28/h3-10,28-29H,2H2,1H3/b21-14+,27-10?. The van der Waals surface area contributed by atoms with Gasteiger partial charge < -0.3 is 14.9 Å². The predicted octanol–water partition coefficient (Wildman–Crippen LogP) is 5.34. The summed E-state index contributed by atoms with van der Waals surface area (Å²) < 4.78 is 59.2. The summed E-state index contributed by atoms with van der Waals surface area (Å²) in [5, 5.41) is 21.9. The van der Waals surface area contributed by atoms with Gasteiger partial charge in [0, 0.05) is 6.21 Å². The molecule has 31 heavy (non-hydrogen) atoms. The highest BCUT2D eigenvalue weighted by Gasteiger charge is 2.25. The SMILES string of the molecule is CCOC(=O)/C(C=Nc1cc2ccccc2cc1O)=C(/O)c1cc(F)c(F)c(F)c1F. The van der Waals surface area contributed by atoms with Gasteiger partial charge in [0.1, 0.15) is 22.8 Å². The second-order valence-corrected chi connectivity index (χ2v) is 6.28. The van der Waals surface area contributed by atoms with E-state index in [1.807, 2.05) is 0 Å². The van der Waals surface area contributed by atoms with Gasteiger partial charge >= 0.3 is 5.97 Å². The maximum Gasteiger partial charge on any atom is 0.343 e. The van der Waals surface area contributed by atoms with Crippen molar-refractivity contribution >= 4 is 34.4 Å². The monoisotopic (exact) mass is 433 g/mol. The van der Waals surface area contributed by atoms with E-state index in [-0.39, 0.29) is 24.1 Å². The first-order valence-electron chi connectivity index (χ1n) is 8.94. The van der Waals surface area contributed by atoms with Crippen molar-refractivity contribution in [3.8, 4) is 5.75 Å². The Kier molecular flexibility index (Phi) is 6.24. The highest BCUT2D eigenvalue weighted by molar-refractivity contribution is 6.15. The van der Waals surface area contributed by atoms with Crippen LogP contribution in [0.25, 0.3) is 16.5 Å². The minimum atomic E-state index is -2.16. The number of ether oxygens (including phenoxy) is 1. The van der Waals surface area contributed by atoms with Crippen molar-refractivity contribution in [3.63, 3.8) is 0 Å². The van der Waals surface area contributed by atoms with E-state index in [0.29, 0.717) is 10.8 Å². The molecular weight excluding hydrogens is 418 g/mol. The molecule has 0 aliphatic rings. The number of nitrogens with zero attached hydrogens (tertiary/aromatic N) is 1. The Morgan fingerprint density at radius 1 is 1.03 bits per heavy atom. The lowest BCUT2D eigenvalue weighted by Gasteiger charge is -2.09. The number of phenols is 1. The molecule has 9 heteroatoms. The van der Waals surface area contributed by atoms with Crippen LogP contribution >= 0.6 is 0 Å². The Morgan fingerprint density at radius 2 is 1.68 bits per heavy atom. The van der Waals surface area contributed by atoms with E-state index in [1.165, 1.54) is 19.1 Å². The van der Waals surface area contributed by atoms with Crippen molar-refractivity contribution in [1.82, 2.24) is 0 Å². The molecule has 3 aromatic rings. The maximum atomic E-state index is 14.1. The molecule has 2 N–H and O–H groups in total. The molecule has 0 radical (unpaired) electrons. The molecule has 3 rings (SSSR count). The molecule has 5 nitrogen and oxygen atoms in total. The van der Waals surface area contributed by atoms with Gasteiger partial charge in [0.05, 0.1) is 12.2 Å². The molecule has 0 saturated heterocycles. The zero-order valence-corrected chi connectivity index (χ0v) is 16.0. The molecule has 3 aromatic carbocycles.